The first-order valence-corrected chi connectivity index (χ1v) is 11.7. The molecule has 1 aromatic carbocycles. The highest BCUT2D eigenvalue weighted by Gasteiger charge is 2.72. The van der Waals surface area contributed by atoms with Gasteiger partial charge in [0.05, 0.1) is 38.5 Å². The van der Waals surface area contributed by atoms with Crippen LogP contribution in [-0.2, 0) is 9.53 Å². The number of morpholine rings is 1. The molecule has 10 nitrogen and oxygen atoms in total. The molecule has 4 aliphatic rings. The summed E-state index contributed by atoms with van der Waals surface area (Å²) in [4.78, 5) is 32.3. The predicted octanol–water partition coefficient (Wildman–Crippen LogP) is 1.92. The topological polar surface area (TPSA) is 107 Å². The SMILES string of the molecule is COc1ccc(-c2ccnc3cc(C(=O)NC45CC(C(=O)N6CCOCC6)(C4)C5)nn23)cc1OC. The Bertz CT molecular complexity index is 1310. The largest absolute Gasteiger partial charge is 0.493 e. The number of fused-ring (bicyclic) bond motifs is 1. The summed E-state index contributed by atoms with van der Waals surface area (Å²) in [6.07, 6.45) is 3.74. The first kappa shape index (κ1) is 21.8. The van der Waals surface area contributed by atoms with E-state index in [0.29, 0.717) is 68.4 Å². The molecule has 4 fully saturated rings. The van der Waals surface area contributed by atoms with E-state index < -0.39 is 0 Å². The number of carbonyl (C=O) groups excluding carboxylic acids is 2. The smallest absolute Gasteiger partial charge is 0.272 e. The van der Waals surface area contributed by atoms with E-state index in [0.717, 1.165) is 11.3 Å². The minimum absolute atomic E-state index is 0.202. The summed E-state index contributed by atoms with van der Waals surface area (Å²) in [6, 6.07) is 9.12. The number of benzene rings is 1. The number of nitrogens with zero attached hydrogens (tertiary/aromatic N) is 4. The van der Waals surface area contributed by atoms with E-state index in [2.05, 4.69) is 15.4 Å². The van der Waals surface area contributed by atoms with Crippen LogP contribution in [0, 0.1) is 5.41 Å². The number of amides is 2. The molecule has 3 aliphatic carbocycles. The second-order valence-electron chi connectivity index (χ2n) is 9.65. The molecule has 7 rings (SSSR count). The Hall–Kier alpha value is -3.66. The van der Waals surface area contributed by atoms with E-state index in [1.807, 2.05) is 29.2 Å². The molecule has 2 aromatic heterocycles. The van der Waals surface area contributed by atoms with Gasteiger partial charge in [-0.3, -0.25) is 9.59 Å². The van der Waals surface area contributed by atoms with Gasteiger partial charge in [-0.1, -0.05) is 0 Å². The zero-order valence-electron chi connectivity index (χ0n) is 19.7. The van der Waals surface area contributed by atoms with E-state index in [4.69, 9.17) is 14.2 Å². The molecule has 0 radical (unpaired) electrons. The zero-order valence-corrected chi connectivity index (χ0v) is 19.7. The van der Waals surface area contributed by atoms with Crippen molar-refractivity contribution in [3.8, 4) is 22.8 Å². The van der Waals surface area contributed by atoms with Gasteiger partial charge in [0, 0.05) is 36.5 Å². The fraction of sp³-hybridized carbons (Fsp3) is 0.440. The molecule has 10 heteroatoms. The molecule has 1 N–H and O–H groups in total. The van der Waals surface area contributed by atoms with Crippen LogP contribution >= 0.6 is 0 Å². The molecule has 35 heavy (non-hydrogen) atoms. The van der Waals surface area contributed by atoms with Crippen LogP contribution in [0.1, 0.15) is 29.8 Å². The van der Waals surface area contributed by atoms with Crippen LogP contribution in [0.3, 0.4) is 0 Å². The average molecular weight is 478 g/mol. The van der Waals surface area contributed by atoms with Crippen LogP contribution in [0.5, 0.6) is 11.5 Å². The van der Waals surface area contributed by atoms with Crippen molar-refractivity contribution >= 4 is 17.5 Å². The third kappa shape index (κ3) is 3.43. The minimum atomic E-state index is -0.314. The van der Waals surface area contributed by atoms with Crippen LogP contribution in [0.25, 0.3) is 16.9 Å². The van der Waals surface area contributed by atoms with Gasteiger partial charge in [0.2, 0.25) is 5.91 Å². The monoisotopic (exact) mass is 477 g/mol. The van der Waals surface area contributed by atoms with Crippen molar-refractivity contribution in [1.82, 2.24) is 24.8 Å². The molecule has 1 saturated heterocycles. The summed E-state index contributed by atoms with van der Waals surface area (Å²) in [5.41, 5.74) is 1.87. The predicted molar refractivity (Wildman–Crippen MR) is 125 cm³/mol. The summed E-state index contributed by atoms with van der Waals surface area (Å²) in [6.45, 7) is 2.49. The lowest BCUT2D eigenvalue weighted by molar-refractivity contribution is -0.192. The number of nitrogens with one attached hydrogen (secondary N) is 1. The number of methoxy groups -OCH3 is 2. The lowest BCUT2D eigenvalue weighted by atomic mass is 9.39. The van der Waals surface area contributed by atoms with Gasteiger partial charge in [-0.15, -0.1) is 0 Å². The van der Waals surface area contributed by atoms with Crippen LogP contribution in [0.4, 0.5) is 0 Å². The quantitative estimate of drug-likeness (QED) is 0.578. The van der Waals surface area contributed by atoms with Crippen molar-refractivity contribution in [1.29, 1.82) is 0 Å². The maximum atomic E-state index is 13.1. The number of rotatable bonds is 6. The molecule has 3 heterocycles. The molecule has 2 amide bonds. The van der Waals surface area contributed by atoms with Crippen molar-refractivity contribution < 1.29 is 23.8 Å². The molecule has 3 aromatic rings. The van der Waals surface area contributed by atoms with Gasteiger partial charge in [-0.25, -0.2) is 9.50 Å². The first-order chi connectivity index (χ1) is 17.0. The Kier molecular flexibility index (Phi) is 4.96. The van der Waals surface area contributed by atoms with Gasteiger partial charge >= 0.3 is 0 Å². The van der Waals surface area contributed by atoms with Crippen LogP contribution in [0.15, 0.2) is 36.5 Å². The third-order valence-corrected chi connectivity index (χ3v) is 7.43. The van der Waals surface area contributed by atoms with Gasteiger partial charge in [-0.05, 0) is 43.5 Å². The highest BCUT2D eigenvalue weighted by Crippen LogP contribution is 2.68. The maximum Gasteiger partial charge on any atom is 0.272 e. The Morgan fingerprint density at radius 2 is 1.77 bits per heavy atom. The van der Waals surface area contributed by atoms with Crippen LogP contribution in [-0.4, -0.2) is 77.4 Å². The second kappa shape index (κ2) is 7.94. The van der Waals surface area contributed by atoms with Crippen LogP contribution < -0.4 is 14.8 Å². The van der Waals surface area contributed by atoms with E-state index in [9.17, 15) is 9.59 Å². The number of hydrogen-bond donors (Lipinski definition) is 1. The van der Waals surface area contributed by atoms with Crippen molar-refractivity contribution in [2.75, 3.05) is 40.5 Å². The van der Waals surface area contributed by atoms with Gasteiger partial charge in [-0.2, -0.15) is 5.10 Å². The van der Waals surface area contributed by atoms with E-state index in [-0.39, 0.29) is 22.8 Å². The highest BCUT2D eigenvalue weighted by molar-refractivity contribution is 5.96. The summed E-state index contributed by atoms with van der Waals surface area (Å²) < 4.78 is 17.8. The molecule has 0 unspecified atom stereocenters. The molecule has 182 valence electrons. The molecule has 0 atom stereocenters. The van der Waals surface area contributed by atoms with E-state index in [1.54, 1.807) is 31.0 Å². The molecular weight excluding hydrogens is 450 g/mol. The third-order valence-electron chi connectivity index (χ3n) is 7.43. The Morgan fingerprint density at radius 3 is 2.49 bits per heavy atom. The average Bonchev–Trinajstić information content (AvgIpc) is 3.29. The lowest BCUT2D eigenvalue weighted by Gasteiger charge is -2.69. The van der Waals surface area contributed by atoms with Crippen molar-refractivity contribution in [2.45, 2.75) is 24.8 Å². The molecule has 3 saturated carbocycles. The zero-order chi connectivity index (χ0) is 24.2. The molecule has 0 spiro atoms. The van der Waals surface area contributed by atoms with Crippen LogP contribution in [0.2, 0.25) is 0 Å². The number of carbonyl (C=O) groups is 2. The first-order valence-electron chi connectivity index (χ1n) is 11.7. The van der Waals surface area contributed by atoms with Crippen molar-refractivity contribution in [2.24, 2.45) is 5.41 Å². The Morgan fingerprint density at radius 1 is 1.03 bits per heavy atom. The highest BCUT2D eigenvalue weighted by atomic mass is 16.5. The van der Waals surface area contributed by atoms with Gasteiger partial charge in [0.1, 0.15) is 0 Å². The fourth-order valence-electron chi connectivity index (χ4n) is 5.77. The standard InChI is InChI=1S/C25H27N5O5/c1-33-19-4-3-16(11-20(19)34-2)18-5-6-26-21-12-17(28-30(18)21)22(31)27-25-13-24(14-25,15-25)23(32)29-7-9-35-10-8-29/h3-6,11-12H,7-10,13-15H2,1-2H3,(H,27,31). The fourth-order valence-corrected chi connectivity index (χ4v) is 5.77. The lowest BCUT2D eigenvalue weighted by Crippen LogP contribution is -2.78. The number of hydrogen-bond acceptors (Lipinski definition) is 7. The second-order valence-corrected chi connectivity index (χ2v) is 9.65. The van der Waals surface area contributed by atoms with Gasteiger partial charge in [0.25, 0.3) is 5.91 Å². The Balaban J connectivity index is 1.19. The van der Waals surface area contributed by atoms with Crippen molar-refractivity contribution in [3.63, 3.8) is 0 Å². The molecule has 1 aliphatic heterocycles. The summed E-state index contributed by atoms with van der Waals surface area (Å²) in [5.74, 6) is 1.18. The molecule has 2 bridgehead atoms. The minimum Gasteiger partial charge on any atom is -0.493 e. The summed E-state index contributed by atoms with van der Waals surface area (Å²) in [7, 11) is 3.18. The van der Waals surface area contributed by atoms with E-state index in [1.165, 1.54) is 0 Å². The normalized spacial score (nSPS) is 24.9. The van der Waals surface area contributed by atoms with Gasteiger partial charge < -0.3 is 24.4 Å². The van der Waals surface area contributed by atoms with Crippen molar-refractivity contribution in [3.05, 3.63) is 42.2 Å². The Labute approximate surface area is 202 Å². The number of ether oxygens (including phenoxy) is 3. The number of aromatic nitrogens is 3. The van der Waals surface area contributed by atoms with E-state index >= 15 is 0 Å². The summed E-state index contributed by atoms with van der Waals surface area (Å²) >= 11 is 0. The maximum absolute atomic E-state index is 13.1. The van der Waals surface area contributed by atoms with Gasteiger partial charge in [0.15, 0.2) is 22.8 Å². The summed E-state index contributed by atoms with van der Waals surface area (Å²) in [5, 5.41) is 7.69. The molecular formula is C25H27N5O5.